The zero-order valence-corrected chi connectivity index (χ0v) is 9.46. The Morgan fingerprint density at radius 1 is 1.40 bits per heavy atom. The average Bonchev–Trinajstić information content (AvgIpc) is 2.18. The summed E-state index contributed by atoms with van der Waals surface area (Å²) in [4.78, 5) is 2.14. The molecule has 0 aliphatic carbocycles. The predicted octanol–water partition coefficient (Wildman–Crippen LogP) is 2.17. The van der Waals surface area contributed by atoms with E-state index in [1.165, 1.54) is 6.07 Å². The van der Waals surface area contributed by atoms with E-state index in [1.54, 1.807) is 6.07 Å². The van der Waals surface area contributed by atoms with Gasteiger partial charge >= 0.3 is 0 Å². The molecule has 3 heteroatoms. The molecule has 1 aromatic rings. The summed E-state index contributed by atoms with van der Waals surface area (Å²) in [6.07, 6.45) is 1.80. The zero-order valence-electron chi connectivity index (χ0n) is 9.46. The summed E-state index contributed by atoms with van der Waals surface area (Å²) < 4.78 is 13.1. The maximum absolute atomic E-state index is 13.1. The first-order chi connectivity index (χ1) is 7.19. The molecule has 0 radical (unpaired) electrons. The van der Waals surface area contributed by atoms with Gasteiger partial charge in [0, 0.05) is 19.3 Å². The molecule has 0 aliphatic heterocycles. The Balaban J connectivity index is 2.93. The van der Waals surface area contributed by atoms with Crippen molar-refractivity contribution in [3.8, 4) is 0 Å². The molecule has 0 unspecified atom stereocenters. The second-order valence-corrected chi connectivity index (χ2v) is 3.73. The predicted molar refractivity (Wildman–Crippen MR) is 62.7 cm³/mol. The van der Waals surface area contributed by atoms with Gasteiger partial charge in [-0.05, 0) is 43.1 Å². The third kappa shape index (κ3) is 3.20. The molecular weight excluding hydrogens is 191 g/mol. The van der Waals surface area contributed by atoms with Gasteiger partial charge in [0.05, 0.1) is 0 Å². The van der Waals surface area contributed by atoms with Gasteiger partial charge in [-0.2, -0.15) is 0 Å². The van der Waals surface area contributed by atoms with E-state index < -0.39 is 0 Å². The second-order valence-electron chi connectivity index (χ2n) is 3.73. The van der Waals surface area contributed by atoms with E-state index >= 15 is 0 Å². The topological polar surface area (TPSA) is 29.3 Å². The van der Waals surface area contributed by atoms with Crippen LogP contribution in [0.15, 0.2) is 18.2 Å². The number of halogens is 1. The molecule has 2 nitrogen and oxygen atoms in total. The van der Waals surface area contributed by atoms with Crippen molar-refractivity contribution in [2.45, 2.75) is 19.8 Å². The van der Waals surface area contributed by atoms with Gasteiger partial charge in [-0.15, -0.1) is 0 Å². The van der Waals surface area contributed by atoms with E-state index in [0.29, 0.717) is 6.54 Å². The van der Waals surface area contributed by atoms with E-state index in [4.69, 9.17) is 5.73 Å². The number of nitrogens with zero attached hydrogens (tertiary/aromatic N) is 1. The molecule has 0 aliphatic rings. The van der Waals surface area contributed by atoms with Crippen LogP contribution in [-0.4, -0.2) is 20.1 Å². The fourth-order valence-electron chi connectivity index (χ4n) is 1.74. The molecule has 0 saturated heterocycles. The van der Waals surface area contributed by atoms with Crippen molar-refractivity contribution in [1.29, 1.82) is 0 Å². The summed E-state index contributed by atoms with van der Waals surface area (Å²) in [6, 6.07) is 4.91. The Morgan fingerprint density at radius 3 is 2.73 bits per heavy atom. The van der Waals surface area contributed by atoms with E-state index in [-0.39, 0.29) is 5.82 Å². The highest BCUT2D eigenvalue weighted by atomic mass is 19.1. The monoisotopic (exact) mass is 210 g/mol. The van der Waals surface area contributed by atoms with Crippen molar-refractivity contribution in [3.05, 3.63) is 29.6 Å². The Bertz CT molecular complexity index is 312. The maximum Gasteiger partial charge on any atom is 0.123 e. The van der Waals surface area contributed by atoms with Crippen molar-refractivity contribution in [2.75, 3.05) is 25.0 Å². The fraction of sp³-hybridized carbons (Fsp3) is 0.500. The van der Waals surface area contributed by atoms with Crippen molar-refractivity contribution >= 4 is 5.69 Å². The molecule has 1 rings (SSSR count). The summed E-state index contributed by atoms with van der Waals surface area (Å²) in [6.45, 7) is 3.66. The van der Waals surface area contributed by atoms with Gasteiger partial charge in [-0.3, -0.25) is 0 Å². The molecule has 0 amide bonds. The van der Waals surface area contributed by atoms with Crippen LogP contribution in [0.25, 0.3) is 0 Å². The SMILES string of the molecule is CCCN(C)c1ccc(F)cc1CCN. The molecule has 0 aromatic heterocycles. The molecule has 0 bridgehead atoms. The molecule has 84 valence electrons. The van der Waals surface area contributed by atoms with Crippen LogP contribution < -0.4 is 10.6 Å². The van der Waals surface area contributed by atoms with Crippen molar-refractivity contribution in [2.24, 2.45) is 5.73 Å². The molecular formula is C12H19FN2. The highest BCUT2D eigenvalue weighted by Crippen LogP contribution is 2.21. The van der Waals surface area contributed by atoms with Crippen LogP contribution in [0.1, 0.15) is 18.9 Å². The Hall–Kier alpha value is -1.09. The number of hydrogen-bond donors (Lipinski definition) is 1. The van der Waals surface area contributed by atoms with Crippen LogP contribution in [0.4, 0.5) is 10.1 Å². The van der Waals surface area contributed by atoms with Crippen molar-refractivity contribution in [1.82, 2.24) is 0 Å². The van der Waals surface area contributed by atoms with Gasteiger partial charge in [0.1, 0.15) is 5.82 Å². The van der Waals surface area contributed by atoms with Crippen LogP contribution in [0.2, 0.25) is 0 Å². The lowest BCUT2D eigenvalue weighted by Crippen LogP contribution is -2.20. The Kier molecular flexibility index (Phi) is 4.56. The molecule has 1 aromatic carbocycles. The van der Waals surface area contributed by atoms with Gasteiger partial charge in [0.15, 0.2) is 0 Å². The van der Waals surface area contributed by atoms with Crippen molar-refractivity contribution in [3.63, 3.8) is 0 Å². The number of rotatable bonds is 5. The summed E-state index contributed by atoms with van der Waals surface area (Å²) >= 11 is 0. The third-order valence-electron chi connectivity index (χ3n) is 2.43. The second kappa shape index (κ2) is 5.71. The molecule has 0 fully saturated rings. The average molecular weight is 210 g/mol. The zero-order chi connectivity index (χ0) is 11.3. The summed E-state index contributed by atoms with van der Waals surface area (Å²) in [7, 11) is 2.02. The number of nitrogens with two attached hydrogens (primary N) is 1. The minimum absolute atomic E-state index is 0.188. The van der Waals surface area contributed by atoms with Crippen LogP contribution in [0.3, 0.4) is 0 Å². The molecule has 0 heterocycles. The fourth-order valence-corrected chi connectivity index (χ4v) is 1.74. The van der Waals surface area contributed by atoms with Gasteiger partial charge in [-0.25, -0.2) is 4.39 Å². The number of benzene rings is 1. The van der Waals surface area contributed by atoms with E-state index in [0.717, 1.165) is 30.6 Å². The quantitative estimate of drug-likeness (QED) is 0.807. The summed E-state index contributed by atoms with van der Waals surface area (Å²) in [5.74, 6) is -0.188. The van der Waals surface area contributed by atoms with Gasteiger partial charge in [0.25, 0.3) is 0 Å². The van der Waals surface area contributed by atoms with E-state index in [9.17, 15) is 4.39 Å². The molecule has 0 spiro atoms. The first kappa shape index (κ1) is 12.0. The lowest BCUT2D eigenvalue weighted by atomic mass is 10.1. The van der Waals surface area contributed by atoms with Crippen LogP contribution >= 0.6 is 0 Å². The van der Waals surface area contributed by atoms with E-state index in [2.05, 4.69) is 11.8 Å². The highest BCUT2D eigenvalue weighted by molar-refractivity contribution is 5.53. The minimum atomic E-state index is -0.188. The number of hydrogen-bond acceptors (Lipinski definition) is 2. The highest BCUT2D eigenvalue weighted by Gasteiger charge is 2.07. The third-order valence-corrected chi connectivity index (χ3v) is 2.43. The smallest absolute Gasteiger partial charge is 0.123 e. The molecule has 0 atom stereocenters. The van der Waals surface area contributed by atoms with Gasteiger partial charge < -0.3 is 10.6 Å². The van der Waals surface area contributed by atoms with Crippen LogP contribution in [0, 0.1) is 5.82 Å². The van der Waals surface area contributed by atoms with Crippen LogP contribution in [-0.2, 0) is 6.42 Å². The summed E-state index contributed by atoms with van der Waals surface area (Å²) in [5.41, 5.74) is 7.59. The van der Waals surface area contributed by atoms with Gasteiger partial charge in [0.2, 0.25) is 0 Å². The standard InChI is InChI=1S/C12H19FN2/c1-3-8-15(2)12-5-4-11(13)9-10(12)6-7-14/h4-5,9H,3,6-8,14H2,1-2H3. The van der Waals surface area contributed by atoms with E-state index in [1.807, 2.05) is 13.1 Å². The maximum atomic E-state index is 13.1. The van der Waals surface area contributed by atoms with Gasteiger partial charge in [-0.1, -0.05) is 6.92 Å². The molecule has 2 N–H and O–H groups in total. The minimum Gasteiger partial charge on any atom is -0.374 e. The van der Waals surface area contributed by atoms with Crippen molar-refractivity contribution < 1.29 is 4.39 Å². The van der Waals surface area contributed by atoms with Crippen LogP contribution in [0.5, 0.6) is 0 Å². The molecule has 15 heavy (non-hydrogen) atoms. The molecule has 0 saturated carbocycles. The largest absolute Gasteiger partial charge is 0.374 e. The Labute approximate surface area is 90.9 Å². The number of anilines is 1. The Morgan fingerprint density at radius 2 is 2.13 bits per heavy atom. The normalized spacial score (nSPS) is 10.4. The summed E-state index contributed by atoms with van der Waals surface area (Å²) in [5, 5.41) is 0. The first-order valence-electron chi connectivity index (χ1n) is 5.38. The first-order valence-corrected chi connectivity index (χ1v) is 5.38. The lowest BCUT2D eigenvalue weighted by molar-refractivity contribution is 0.625. The lowest BCUT2D eigenvalue weighted by Gasteiger charge is -2.21.